The van der Waals surface area contributed by atoms with E-state index in [1.165, 1.54) is 0 Å². The van der Waals surface area contributed by atoms with Gasteiger partial charge in [0.05, 0.1) is 17.3 Å². The van der Waals surface area contributed by atoms with Crippen molar-refractivity contribution >= 4 is 23.1 Å². The summed E-state index contributed by atoms with van der Waals surface area (Å²) < 4.78 is 0. The van der Waals surface area contributed by atoms with Crippen molar-refractivity contribution in [2.75, 3.05) is 23.9 Å². The van der Waals surface area contributed by atoms with Crippen LogP contribution >= 0.6 is 11.8 Å². The first-order valence-corrected chi connectivity index (χ1v) is 7.96. The summed E-state index contributed by atoms with van der Waals surface area (Å²) in [4.78, 5) is 3.12. The van der Waals surface area contributed by atoms with E-state index in [1.54, 1.807) is 11.8 Å². The summed E-state index contributed by atoms with van der Waals surface area (Å²) in [7, 11) is 2.01. The van der Waals surface area contributed by atoms with Crippen LogP contribution < -0.4 is 10.6 Å². The van der Waals surface area contributed by atoms with E-state index in [9.17, 15) is 5.26 Å². The van der Waals surface area contributed by atoms with E-state index in [2.05, 4.69) is 24.0 Å². The lowest BCUT2D eigenvalue weighted by Gasteiger charge is -2.29. The van der Waals surface area contributed by atoms with Gasteiger partial charge >= 0.3 is 0 Å². The zero-order valence-corrected chi connectivity index (χ0v) is 13.3. The van der Waals surface area contributed by atoms with Gasteiger partial charge in [-0.1, -0.05) is 18.2 Å². The summed E-state index contributed by atoms with van der Waals surface area (Å²) in [6.07, 6.45) is 1.99. The predicted octanol–water partition coefficient (Wildman–Crippen LogP) is 4.06. The zero-order chi connectivity index (χ0) is 15.4. The second-order valence-corrected chi connectivity index (χ2v) is 5.77. The van der Waals surface area contributed by atoms with Gasteiger partial charge < -0.3 is 10.6 Å². The van der Waals surface area contributed by atoms with E-state index in [0.29, 0.717) is 0 Å². The SMILES string of the molecule is CSc1cccc(N(C)C(C)c2cccc(N)c2)c1C#N. The van der Waals surface area contributed by atoms with Gasteiger partial charge in [0.2, 0.25) is 0 Å². The summed E-state index contributed by atoms with van der Waals surface area (Å²) in [6.45, 7) is 2.11. The second kappa shape index (κ2) is 6.55. The van der Waals surface area contributed by atoms with E-state index in [1.807, 2.05) is 49.7 Å². The van der Waals surface area contributed by atoms with Crippen LogP contribution in [-0.2, 0) is 0 Å². The molecule has 1 unspecified atom stereocenters. The second-order valence-electron chi connectivity index (χ2n) is 4.92. The molecule has 0 aromatic heterocycles. The Balaban J connectivity index is 2.40. The smallest absolute Gasteiger partial charge is 0.103 e. The number of hydrogen-bond donors (Lipinski definition) is 1. The van der Waals surface area contributed by atoms with Gasteiger partial charge in [-0.3, -0.25) is 0 Å². The average Bonchev–Trinajstić information content (AvgIpc) is 2.52. The molecule has 108 valence electrons. The van der Waals surface area contributed by atoms with E-state index in [4.69, 9.17) is 5.73 Å². The highest BCUT2D eigenvalue weighted by molar-refractivity contribution is 7.98. The molecule has 0 aliphatic carbocycles. The highest BCUT2D eigenvalue weighted by Crippen LogP contribution is 2.33. The molecule has 2 aromatic carbocycles. The number of nitrogen functional groups attached to an aromatic ring is 1. The fraction of sp³-hybridized carbons (Fsp3) is 0.235. The molecule has 0 aliphatic heterocycles. The molecular formula is C17H19N3S. The van der Waals surface area contributed by atoms with E-state index in [-0.39, 0.29) is 6.04 Å². The molecule has 1 atom stereocenters. The largest absolute Gasteiger partial charge is 0.399 e. The minimum absolute atomic E-state index is 0.137. The average molecular weight is 297 g/mol. The third kappa shape index (κ3) is 3.14. The molecule has 0 radical (unpaired) electrons. The molecule has 2 aromatic rings. The van der Waals surface area contributed by atoms with Crippen molar-refractivity contribution < 1.29 is 0 Å². The Morgan fingerprint density at radius 1 is 1.24 bits per heavy atom. The van der Waals surface area contributed by atoms with Crippen LogP contribution in [0.15, 0.2) is 47.4 Å². The number of hydrogen-bond acceptors (Lipinski definition) is 4. The van der Waals surface area contributed by atoms with E-state index in [0.717, 1.165) is 27.4 Å². The number of nitriles is 1. The highest BCUT2D eigenvalue weighted by atomic mass is 32.2. The summed E-state index contributed by atoms with van der Waals surface area (Å²) in [5, 5.41) is 9.47. The zero-order valence-electron chi connectivity index (χ0n) is 12.5. The number of thioether (sulfide) groups is 1. The molecule has 0 aliphatic rings. The summed E-state index contributed by atoms with van der Waals surface area (Å²) >= 11 is 1.59. The van der Waals surface area contributed by atoms with Gasteiger partial charge in [0, 0.05) is 17.6 Å². The number of benzene rings is 2. The van der Waals surface area contributed by atoms with Crippen LogP contribution in [0.1, 0.15) is 24.1 Å². The summed E-state index contributed by atoms with van der Waals surface area (Å²) in [6, 6.07) is 16.3. The lowest BCUT2D eigenvalue weighted by Crippen LogP contribution is -2.22. The summed E-state index contributed by atoms with van der Waals surface area (Å²) in [5.41, 5.74) is 9.42. The van der Waals surface area contributed by atoms with Crippen LogP contribution in [-0.4, -0.2) is 13.3 Å². The van der Waals surface area contributed by atoms with Gasteiger partial charge in [0.1, 0.15) is 6.07 Å². The third-order valence-electron chi connectivity index (χ3n) is 3.69. The molecule has 0 spiro atoms. The Labute approximate surface area is 130 Å². The number of anilines is 2. The maximum Gasteiger partial charge on any atom is 0.103 e. The highest BCUT2D eigenvalue weighted by Gasteiger charge is 2.17. The van der Waals surface area contributed by atoms with Gasteiger partial charge in [0.25, 0.3) is 0 Å². The van der Waals surface area contributed by atoms with Crippen molar-refractivity contribution in [1.29, 1.82) is 5.26 Å². The van der Waals surface area contributed by atoms with Gasteiger partial charge in [0.15, 0.2) is 0 Å². The first kappa shape index (κ1) is 15.3. The standard InChI is InChI=1S/C17H19N3S/c1-12(13-6-4-7-14(19)10-13)20(2)16-8-5-9-17(21-3)15(16)11-18/h4-10,12H,19H2,1-3H3. The topological polar surface area (TPSA) is 53.0 Å². The van der Waals surface area contributed by atoms with Crippen molar-refractivity contribution in [3.05, 3.63) is 53.6 Å². The Morgan fingerprint density at radius 2 is 1.95 bits per heavy atom. The molecule has 2 N–H and O–H groups in total. The lowest BCUT2D eigenvalue weighted by atomic mass is 10.0. The van der Waals surface area contributed by atoms with Crippen LogP contribution in [0.5, 0.6) is 0 Å². The molecular weight excluding hydrogens is 278 g/mol. The van der Waals surface area contributed by atoms with Crippen LogP contribution in [0.4, 0.5) is 11.4 Å². The Kier molecular flexibility index (Phi) is 4.77. The maximum absolute atomic E-state index is 9.47. The Hall–Kier alpha value is -2.12. The molecule has 2 rings (SSSR count). The molecule has 0 bridgehead atoms. The van der Waals surface area contributed by atoms with Gasteiger partial charge in [-0.25, -0.2) is 0 Å². The molecule has 0 fully saturated rings. The normalized spacial score (nSPS) is 11.7. The van der Waals surface area contributed by atoms with Crippen LogP contribution in [0.2, 0.25) is 0 Å². The molecule has 0 saturated heterocycles. The minimum atomic E-state index is 0.137. The molecule has 21 heavy (non-hydrogen) atoms. The van der Waals surface area contributed by atoms with Gasteiger partial charge in [-0.2, -0.15) is 5.26 Å². The fourth-order valence-corrected chi connectivity index (χ4v) is 2.92. The molecule has 4 heteroatoms. The summed E-state index contributed by atoms with van der Waals surface area (Å²) in [5.74, 6) is 0. The van der Waals surface area contributed by atoms with Crippen molar-refractivity contribution in [2.24, 2.45) is 0 Å². The van der Waals surface area contributed by atoms with E-state index < -0.39 is 0 Å². The Bertz CT molecular complexity index is 676. The number of rotatable bonds is 4. The Morgan fingerprint density at radius 3 is 2.57 bits per heavy atom. The molecule has 0 amide bonds. The van der Waals surface area contributed by atoms with Crippen molar-refractivity contribution in [2.45, 2.75) is 17.9 Å². The molecule has 3 nitrogen and oxygen atoms in total. The quantitative estimate of drug-likeness (QED) is 0.683. The van der Waals surface area contributed by atoms with E-state index >= 15 is 0 Å². The number of nitrogens with zero attached hydrogens (tertiary/aromatic N) is 2. The first-order chi connectivity index (χ1) is 10.1. The first-order valence-electron chi connectivity index (χ1n) is 6.74. The van der Waals surface area contributed by atoms with Crippen molar-refractivity contribution in [3.63, 3.8) is 0 Å². The van der Waals surface area contributed by atoms with Gasteiger partial charge in [-0.15, -0.1) is 11.8 Å². The fourth-order valence-electron chi connectivity index (χ4n) is 2.35. The van der Waals surface area contributed by atoms with Crippen LogP contribution in [0, 0.1) is 11.3 Å². The third-order valence-corrected chi connectivity index (χ3v) is 4.47. The van der Waals surface area contributed by atoms with Crippen LogP contribution in [0.25, 0.3) is 0 Å². The maximum atomic E-state index is 9.47. The van der Waals surface area contributed by atoms with Crippen LogP contribution in [0.3, 0.4) is 0 Å². The predicted molar refractivity (Wildman–Crippen MR) is 90.6 cm³/mol. The number of nitrogens with two attached hydrogens (primary N) is 1. The van der Waals surface area contributed by atoms with Crippen molar-refractivity contribution in [1.82, 2.24) is 0 Å². The molecule has 0 saturated carbocycles. The molecule has 0 heterocycles. The van der Waals surface area contributed by atoms with Gasteiger partial charge in [-0.05, 0) is 43.0 Å². The lowest BCUT2D eigenvalue weighted by molar-refractivity contribution is 0.738. The van der Waals surface area contributed by atoms with Crippen molar-refractivity contribution in [3.8, 4) is 6.07 Å². The monoisotopic (exact) mass is 297 g/mol. The minimum Gasteiger partial charge on any atom is -0.399 e.